The number of para-hydroxylation sites is 2. The Morgan fingerprint density at radius 1 is 1.12 bits per heavy atom. The van der Waals surface area contributed by atoms with Gasteiger partial charge in [-0.2, -0.15) is 0 Å². The number of ether oxygens (including phenoxy) is 1. The lowest BCUT2D eigenvalue weighted by atomic mass is 10.2. The van der Waals surface area contributed by atoms with Crippen molar-refractivity contribution in [3.63, 3.8) is 0 Å². The van der Waals surface area contributed by atoms with Gasteiger partial charge in [0.2, 0.25) is 11.8 Å². The number of hydrogen-bond donors (Lipinski definition) is 1. The molecule has 138 valence electrons. The average molecular weight is 357 g/mol. The second-order valence-electron chi connectivity index (χ2n) is 6.07. The topological polar surface area (TPSA) is 75.0 Å². The molecule has 2 heterocycles. The molecule has 1 aromatic carbocycles. The zero-order chi connectivity index (χ0) is 18.4. The molecule has 0 bridgehead atoms. The summed E-state index contributed by atoms with van der Waals surface area (Å²) in [6, 6.07) is 11.4. The fourth-order valence-corrected chi connectivity index (χ4v) is 3.00. The summed E-state index contributed by atoms with van der Waals surface area (Å²) in [5.74, 6) is 1.04. The number of anilines is 1. The number of nitrogens with zero attached hydrogens (tertiary/aromatic N) is 2. The van der Waals surface area contributed by atoms with E-state index >= 15 is 0 Å². The second-order valence-corrected chi connectivity index (χ2v) is 6.07. The molecule has 0 spiro atoms. The van der Waals surface area contributed by atoms with Gasteiger partial charge in [-0.15, -0.1) is 0 Å². The third-order valence-electron chi connectivity index (χ3n) is 4.41. The Labute approximate surface area is 152 Å². The fraction of sp³-hybridized carbons (Fsp3) is 0.368. The Hall–Kier alpha value is -2.96. The Bertz CT molecular complexity index is 737. The normalized spacial score (nSPS) is 14.2. The highest BCUT2D eigenvalue weighted by Crippen LogP contribution is 2.28. The standard InChI is InChI=1S/C19H23N3O4/c1-25-17-7-3-2-6-16(17)21-8-10-22(11-9-21)19(24)13-18(23)20-14-15-5-4-12-26-15/h2-7,12H,8-11,13-14H2,1H3,(H,20,23). The van der Waals surface area contributed by atoms with Gasteiger partial charge in [0, 0.05) is 26.2 Å². The molecule has 3 rings (SSSR count). The molecule has 0 aliphatic carbocycles. The van der Waals surface area contributed by atoms with Crippen LogP contribution in [0.1, 0.15) is 12.2 Å². The van der Waals surface area contributed by atoms with E-state index in [1.54, 1.807) is 30.4 Å². The first-order chi connectivity index (χ1) is 12.7. The van der Waals surface area contributed by atoms with Crippen molar-refractivity contribution in [1.82, 2.24) is 10.2 Å². The monoisotopic (exact) mass is 357 g/mol. The quantitative estimate of drug-likeness (QED) is 0.796. The maximum absolute atomic E-state index is 12.3. The van der Waals surface area contributed by atoms with Gasteiger partial charge in [0.15, 0.2) is 0 Å². The van der Waals surface area contributed by atoms with Gasteiger partial charge in [0.1, 0.15) is 17.9 Å². The van der Waals surface area contributed by atoms with Crippen molar-refractivity contribution in [2.45, 2.75) is 13.0 Å². The van der Waals surface area contributed by atoms with Crippen LogP contribution >= 0.6 is 0 Å². The lowest BCUT2D eigenvalue weighted by molar-refractivity contribution is -0.136. The highest BCUT2D eigenvalue weighted by molar-refractivity contribution is 5.96. The average Bonchev–Trinajstić information content (AvgIpc) is 3.20. The molecular weight excluding hydrogens is 334 g/mol. The number of methoxy groups -OCH3 is 1. The summed E-state index contributed by atoms with van der Waals surface area (Å²) in [6.07, 6.45) is 1.41. The molecule has 7 nitrogen and oxygen atoms in total. The third kappa shape index (κ3) is 4.36. The van der Waals surface area contributed by atoms with E-state index in [4.69, 9.17) is 9.15 Å². The van der Waals surface area contributed by atoms with Crippen LogP contribution in [0.4, 0.5) is 5.69 Å². The molecule has 0 atom stereocenters. The van der Waals surface area contributed by atoms with E-state index in [0.717, 1.165) is 11.4 Å². The predicted molar refractivity (Wildman–Crippen MR) is 97.0 cm³/mol. The van der Waals surface area contributed by atoms with E-state index in [1.807, 2.05) is 24.3 Å². The Balaban J connectivity index is 1.46. The van der Waals surface area contributed by atoms with Crippen LogP contribution in [-0.2, 0) is 16.1 Å². The van der Waals surface area contributed by atoms with Crippen molar-refractivity contribution < 1.29 is 18.7 Å². The molecule has 1 aromatic heterocycles. The molecular formula is C19H23N3O4. The molecule has 1 aliphatic rings. The lowest BCUT2D eigenvalue weighted by Gasteiger charge is -2.36. The number of carbonyl (C=O) groups excluding carboxylic acids is 2. The first kappa shape index (κ1) is 17.8. The Morgan fingerprint density at radius 3 is 2.58 bits per heavy atom. The Kier molecular flexibility index (Phi) is 5.78. The van der Waals surface area contributed by atoms with Crippen molar-refractivity contribution in [3.8, 4) is 5.75 Å². The number of rotatable bonds is 6. The summed E-state index contributed by atoms with van der Waals surface area (Å²) >= 11 is 0. The minimum Gasteiger partial charge on any atom is -0.495 e. The molecule has 1 N–H and O–H groups in total. The Morgan fingerprint density at radius 2 is 1.88 bits per heavy atom. The summed E-state index contributed by atoms with van der Waals surface area (Å²) in [4.78, 5) is 28.2. The molecule has 7 heteroatoms. The van der Waals surface area contributed by atoms with Crippen molar-refractivity contribution in [2.24, 2.45) is 0 Å². The molecule has 0 unspecified atom stereocenters. The van der Waals surface area contributed by atoms with Gasteiger partial charge in [-0.05, 0) is 24.3 Å². The minimum atomic E-state index is -0.293. The van der Waals surface area contributed by atoms with Gasteiger partial charge in [-0.25, -0.2) is 0 Å². The predicted octanol–water partition coefficient (Wildman–Crippen LogP) is 1.64. The van der Waals surface area contributed by atoms with Crippen LogP contribution in [0, 0.1) is 0 Å². The van der Waals surface area contributed by atoms with Crippen LogP contribution in [0.25, 0.3) is 0 Å². The number of nitrogens with one attached hydrogen (secondary N) is 1. The molecule has 2 amide bonds. The third-order valence-corrected chi connectivity index (χ3v) is 4.41. The van der Waals surface area contributed by atoms with Crippen LogP contribution < -0.4 is 15.0 Å². The van der Waals surface area contributed by atoms with Crippen molar-refractivity contribution in [1.29, 1.82) is 0 Å². The maximum Gasteiger partial charge on any atom is 0.232 e. The van der Waals surface area contributed by atoms with Gasteiger partial charge in [0.05, 0.1) is 25.6 Å². The molecule has 2 aromatic rings. The van der Waals surface area contributed by atoms with Crippen molar-refractivity contribution in [3.05, 3.63) is 48.4 Å². The SMILES string of the molecule is COc1ccccc1N1CCN(C(=O)CC(=O)NCc2ccco2)CC1. The van der Waals surface area contributed by atoms with Crippen LogP contribution in [0.15, 0.2) is 47.1 Å². The van der Waals surface area contributed by atoms with Gasteiger partial charge in [-0.3, -0.25) is 9.59 Å². The number of benzene rings is 1. The van der Waals surface area contributed by atoms with Crippen molar-refractivity contribution in [2.75, 3.05) is 38.2 Å². The molecule has 26 heavy (non-hydrogen) atoms. The molecule has 1 aliphatic heterocycles. The summed E-state index contributed by atoms with van der Waals surface area (Å²) in [7, 11) is 1.65. The lowest BCUT2D eigenvalue weighted by Crippen LogP contribution is -2.49. The number of piperazine rings is 1. The second kappa shape index (κ2) is 8.42. The zero-order valence-electron chi connectivity index (χ0n) is 14.8. The van der Waals surface area contributed by atoms with Crippen LogP contribution in [0.2, 0.25) is 0 Å². The van der Waals surface area contributed by atoms with Gasteiger partial charge >= 0.3 is 0 Å². The van der Waals surface area contributed by atoms with Gasteiger partial charge in [-0.1, -0.05) is 12.1 Å². The summed E-state index contributed by atoms with van der Waals surface area (Å²) in [6.45, 7) is 2.88. The van der Waals surface area contributed by atoms with Crippen LogP contribution in [-0.4, -0.2) is 50.0 Å². The van der Waals surface area contributed by atoms with E-state index in [2.05, 4.69) is 10.2 Å². The largest absolute Gasteiger partial charge is 0.495 e. The van der Waals surface area contributed by atoms with Gasteiger partial charge < -0.3 is 24.3 Å². The maximum atomic E-state index is 12.3. The summed E-state index contributed by atoms with van der Waals surface area (Å²) in [5.41, 5.74) is 1.03. The zero-order valence-corrected chi connectivity index (χ0v) is 14.8. The molecule has 0 saturated carbocycles. The molecule has 1 fully saturated rings. The first-order valence-electron chi connectivity index (χ1n) is 8.62. The number of amides is 2. The van der Waals surface area contributed by atoms with E-state index < -0.39 is 0 Å². The van der Waals surface area contributed by atoms with Crippen LogP contribution in [0.3, 0.4) is 0 Å². The fourth-order valence-electron chi connectivity index (χ4n) is 3.00. The molecule has 1 saturated heterocycles. The van der Waals surface area contributed by atoms with Crippen molar-refractivity contribution >= 4 is 17.5 Å². The number of furan rings is 1. The van der Waals surface area contributed by atoms with E-state index in [9.17, 15) is 9.59 Å². The smallest absolute Gasteiger partial charge is 0.232 e. The number of hydrogen-bond acceptors (Lipinski definition) is 5. The molecule has 0 radical (unpaired) electrons. The first-order valence-corrected chi connectivity index (χ1v) is 8.62. The number of carbonyl (C=O) groups is 2. The van der Waals surface area contributed by atoms with Gasteiger partial charge in [0.25, 0.3) is 0 Å². The van der Waals surface area contributed by atoms with Crippen LogP contribution in [0.5, 0.6) is 5.75 Å². The summed E-state index contributed by atoms with van der Waals surface area (Å²) < 4.78 is 10.6. The highest BCUT2D eigenvalue weighted by atomic mass is 16.5. The van der Waals surface area contributed by atoms with E-state index in [-0.39, 0.29) is 18.2 Å². The summed E-state index contributed by atoms with van der Waals surface area (Å²) in [5, 5.41) is 2.70. The minimum absolute atomic E-state index is 0.143. The van der Waals surface area contributed by atoms with E-state index in [0.29, 0.717) is 38.5 Å². The van der Waals surface area contributed by atoms with E-state index in [1.165, 1.54) is 0 Å². The highest BCUT2D eigenvalue weighted by Gasteiger charge is 2.24.